The van der Waals surface area contributed by atoms with E-state index in [1.54, 1.807) is 12.1 Å². The highest BCUT2D eigenvalue weighted by Crippen LogP contribution is 2.45. The van der Waals surface area contributed by atoms with Crippen LogP contribution in [0.15, 0.2) is 59.1 Å². The third kappa shape index (κ3) is 3.16. The van der Waals surface area contributed by atoms with E-state index in [0.717, 1.165) is 30.8 Å². The largest absolute Gasteiger partial charge is 0.334 e. The Labute approximate surface area is 157 Å². The second kappa shape index (κ2) is 6.57. The second-order valence-corrected chi connectivity index (χ2v) is 7.80. The summed E-state index contributed by atoms with van der Waals surface area (Å²) in [5.74, 6) is 1.58. The Morgan fingerprint density at radius 2 is 1.85 bits per heavy atom. The van der Waals surface area contributed by atoms with E-state index < -0.39 is 0 Å². The van der Waals surface area contributed by atoms with Gasteiger partial charge in [-0.3, -0.25) is 0 Å². The van der Waals surface area contributed by atoms with E-state index in [2.05, 4.69) is 45.8 Å². The van der Waals surface area contributed by atoms with Crippen LogP contribution >= 0.6 is 0 Å². The lowest BCUT2D eigenvalue weighted by atomic mass is 9.68. The predicted octanol–water partition coefficient (Wildman–Crippen LogP) is 4.44. The van der Waals surface area contributed by atoms with Gasteiger partial charge < -0.3 is 9.84 Å². The van der Waals surface area contributed by atoms with E-state index in [1.807, 2.05) is 0 Å². The summed E-state index contributed by atoms with van der Waals surface area (Å²) in [4.78, 5) is 4.64. The van der Waals surface area contributed by atoms with Gasteiger partial charge in [0.2, 0.25) is 0 Å². The number of halogens is 1. The molecule has 1 unspecified atom stereocenters. The van der Waals surface area contributed by atoms with Gasteiger partial charge in [0.25, 0.3) is 5.89 Å². The molecule has 0 radical (unpaired) electrons. The van der Waals surface area contributed by atoms with Crippen molar-refractivity contribution >= 4 is 0 Å². The topological polar surface area (TPSA) is 51.0 Å². The minimum Gasteiger partial charge on any atom is -0.334 e. The molecule has 2 fully saturated rings. The maximum atomic E-state index is 13.1. The molecule has 2 aliphatic carbocycles. The first-order valence-electron chi connectivity index (χ1n) is 9.62. The normalized spacial score (nSPS) is 23.0. The zero-order valence-electron chi connectivity index (χ0n) is 15.1. The zero-order valence-corrected chi connectivity index (χ0v) is 15.1. The lowest BCUT2D eigenvalue weighted by molar-refractivity contribution is 0.211. The summed E-state index contributed by atoms with van der Waals surface area (Å²) in [5.41, 5.74) is 2.13. The molecule has 0 spiro atoms. The van der Waals surface area contributed by atoms with Crippen LogP contribution in [0.2, 0.25) is 0 Å². The number of hydrogen-bond acceptors (Lipinski definition) is 4. The molecular weight excluding hydrogens is 341 g/mol. The summed E-state index contributed by atoms with van der Waals surface area (Å²) in [6, 6.07) is 17.4. The molecule has 2 aromatic carbocycles. The molecule has 1 aromatic heterocycles. The highest BCUT2D eigenvalue weighted by Gasteiger charge is 2.46. The molecule has 1 heterocycles. The van der Waals surface area contributed by atoms with Crippen molar-refractivity contribution < 1.29 is 8.91 Å². The Morgan fingerprint density at radius 1 is 1.07 bits per heavy atom. The highest BCUT2D eigenvalue weighted by atomic mass is 19.1. The Bertz CT molecular complexity index is 918. The van der Waals surface area contributed by atoms with Crippen molar-refractivity contribution in [1.29, 1.82) is 0 Å². The first kappa shape index (κ1) is 16.6. The number of hydrogen-bond donors (Lipinski definition) is 1. The third-order valence-corrected chi connectivity index (χ3v) is 6.02. The van der Waals surface area contributed by atoms with Gasteiger partial charge in [0.15, 0.2) is 5.82 Å². The van der Waals surface area contributed by atoms with Gasteiger partial charge in [-0.05, 0) is 49.1 Å². The zero-order chi connectivity index (χ0) is 18.3. The Hall–Kier alpha value is -2.53. The molecule has 0 aliphatic heterocycles. The average Bonchev–Trinajstić information content (AvgIpc) is 3.28. The van der Waals surface area contributed by atoms with E-state index in [1.165, 1.54) is 30.5 Å². The van der Waals surface area contributed by atoms with Gasteiger partial charge in [0.1, 0.15) is 5.82 Å². The predicted molar refractivity (Wildman–Crippen MR) is 101 cm³/mol. The van der Waals surface area contributed by atoms with Crippen LogP contribution in [-0.4, -0.2) is 22.7 Å². The van der Waals surface area contributed by atoms with E-state index >= 15 is 0 Å². The average molecular weight is 363 g/mol. The van der Waals surface area contributed by atoms with Crippen LogP contribution in [0.5, 0.6) is 0 Å². The summed E-state index contributed by atoms with van der Waals surface area (Å²) in [7, 11) is 0. The maximum absolute atomic E-state index is 13.1. The van der Waals surface area contributed by atoms with E-state index in [4.69, 9.17) is 4.52 Å². The molecule has 5 rings (SSSR count). The Kier molecular flexibility index (Phi) is 4.05. The van der Waals surface area contributed by atoms with Crippen molar-refractivity contribution in [3.8, 4) is 11.5 Å². The van der Waals surface area contributed by atoms with Gasteiger partial charge in [0.05, 0.1) is 0 Å². The van der Waals surface area contributed by atoms with Crippen molar-refractivity contribution in [3.63, 3.8) is 0 Å². The standard InChI is InChI=1S/C22H22FN3O/c23-17-9-7-16(8-10-17)20-25-21(26-27-20)22(11-4-12-22)14-24-19-13-18(19)15-5-2-1-3-6-15/h1-3,5-10,18-19,24H,4,11-14H2/t18?,19-/m0/s1. The van der Waals surface area contributed by atoms with Crippen LogP contribution in [0.3, 0.4) is 0 Å². The molecule has 0 saturated heterocycles. The summed E-state index contributed by atoms with van der Waals surface area (Å²) in [6.07, 6.45) is 4.53. The van der Waals surface area contributed by atoms with Crippen LogP contribution in [-0.2, 0) is 5.41 Å². The molecule has 2 saturated carbocycles. The molecule has 1 N–H and O–H groups in total. The minimum atomic E-state index is -0.268. The Morgan fingerprint density at radius 3 is 2.56 bits per heavy atom. The summed E-state index contributed by atoms with van der Waals surface area (Å²) < 4.78 is 18.6. The number of aromatic nitrogens is 2. The molecule has 2 aliphatic rings. The molecule has 138 valence electrons. The van der Waals surface area contributed by atoms with Crippen LogP contribution in [0, 0.1) is 5.82 Å². The highest BCUT2D eigenvalue weighted by molar-refractivity contribution is 5.52. The fraction of sp³-hybridized carbons (Fsp3) is 0.364. The Balaban J connectivity index is 1.27. The first-order chi connectivity index (χ1) is 13.2. The van der Waals surface area contributed by atoms with Crippen molar-refractivity contribution in [2.24, 2.45) is 0 Å². The third-order valence-electron chi connectivity index (χ3n) is 6.02. The van der Waals surface area contributed by atoms with Crippen LogP contribution < -0.4 is 5.32 Å². The van der Waals surface area contributed by atoms with E-state index in [0.29, 0.717) is 17.9 Å². The van der Waals surface area contributed by atoms with Gasteiger partial charge in [-0.1, -0.05) is 41.9 Å². The number of benzene rings is 2. The van der Waals surface area contributed by atoms with Gasteiger partial charge in [-0.25, -0.2) is 4.39 Å². The van der Waals surface area contributed by atoms with Crippen molar-refractivity contribution in [2.75, 3.05) is 6.54 Å². The summed E-state index contributed by atoms with van der Waals surface area (Å²) >= 11 is 0. The van der Waals surface area contributed by atoms with E-state index in [-0.39, 0.29) is 11.2 Å². The van der Waals surface area contributed by atoms with Crippen molar-refractivity contribution in [3.05, 3.63) is 71.8 Å². The molecule has 2 atom stereocenters. The quantitative estimate of drug-likeness (QED) is 0.703. The van der Waals surface area contributed by atoms with Gasteiger partial charge in [-0.2, -0.15) is 4.98 Å². The van der Waals surface area contributed by atoms with Crippen LogP contribution in [0.25, 0.3) is 11.5 Å². The number of rotatable bonds is 6. The molecular formula is C22H22FN3O. The van der Waals surface area contributed by atoms with Gasteiger partial charge in [0, 0.05) is 29.5 Å². The second-order valence-electron chi connectivity index (χ2n) is 7.80. The number of nitrogens with zero attached hydrogens (tertiary/aromatic N) is 2. The molecule has 0 amide bonds. The number of nitrogens with one attached hydrogen (secondary N) is 1. The monoisotopic (exact) mass is 363 g/mol. The van der Waals surface area contributed by atoms with Crippen molar-refractivity contribution in [1.82, 2.24) is 15.5 Å². The summed E-state index contributed by atoms with van der Waals surface area (Å²) in [5, 5.41) is 8.00. The van der Waals surface area contributed by atoms with Crippen molar-refractivity contribution in [2.45, 2.75) is 43.1 Å². The first-order valence-corrected chi connectivity index (χ1v) is 9.62. The summed E-state index contributed by atoms with van der Waals surface area (Å²) in [6.45, 7) is 0.878. The van der Waals surface area contributed by atoms with Gasteiger partial charge in [-0.15, -0.1) is 0 Å². The van der Waals surface area contributed by atoms with E-state index in [9.17, 15) is 4.39 Å². The SMILES string of the molecule is Fc1ccc(-c2nc(C3(CN[C@H]4CC4c4ccccc4)CCC3)no2)cc1. The molecule has 3 aromatic rings. The van der Waals surface area contributed by atoms with Crippen LogP contribution in [0.1, 0.15) is 43.0 Å². The molecule has 5 heteroatoms. The lowest BCUT2D eigenvalue weighted by Crippen LogP contribution is -2.45. The maximum Gasteiger partial charge on any atom is 0.257 e. The molecule has 0 bridgehead atoms. The fourth-order valence-corrected chi connectivity index (χ4v) is 4.05. The van der Waals surface area contributed by atoms with Crippen LogP contribution in [0.4, 0.5) is 4.39 Å². The lowest BCUT2D eigenvalue weighted by Gasteiger charge is -2.39. The minimum absolute atomic E-state index is 0.0361. The smallest absolute Gasteiger partial charge is 0.257 e. The molecule has 27 heavy (non-hydrogen) atoms. The fourth-order valence-electron chi connectivity index (χ4n) is 4.05. The molecule has 4 nitrogen and oxygen atoms in total. The van der Waals surface area contributed by atoms with Gasteiger partial charge >= 0.3 is 0 Å².